The summed E-state index contributed by atoms with van der Waals surface area (Å²) in [5, 5.41) is 9.76. The SMILES string of the molecule is CO[C@@H]1OC[C@H]([C@H](O)COCCN)O[C@H]1I. The number of halogens is 1. The van der Waals surface area contributed by atoms with Gasteiger partial charge in [-0.3, -0.25) is 0 Å². The van der Waals surface area contributed by atoms with Crippen LogP contribution < -0.4 is 5.73 Å². The lowest BCUT2D eigenvalue weighted by atomic mass is 10.2. The lowest BCUT2D eigenvalue weighted by molar-refractivity contribution is -0.249. The molecule has 1 aliphatic heterocycles. The van der Waals surface area contributed by atoms with Gasteiger partial charge in [0.05, 0.1) is 19.8 Å². The van der Waals surface area contributed by atoms with Gasteiger partial charge in [-0.2, -0.15) is 0 Å². The predicted octanol–water partition coefficient (Wildman–Crippen LogP) is -0.528. The molecule has 0 spiro atoms. The van der Waals surface area contributed by atoms with Crippen LogP contribution in [-0.2, 0) is 18.9 Å². The summed E-state index contributed by atoms with van der Waals surface area (Å²) < 4.78 is 20.9. The highest BCUT2D eigenvalue weighted by atomic mass is 127. The Hall–Kier alpha value is 0.490. The fourth-order valence-corrected chi connectivity index (χ4v) is 2.19. The van der Waals surface area contributed by atoms with Crippen LogP contribution in [0.5, 0.6) is 0 Å². The lowest BCUT2D eigenvalue weighted by Gasteiger charge is -2.34. The first kappa shape index (κ1) is 14.6. The molecule has 6 nitrogen and oxygen atoms in total. The Morgan fingerprint density at radius 2 is 2.38 bits per heavy atom. The van der Waals surface area contributed by atoms with Crippen LogP contribution in [0.1, 0.15) is 0 Å². The van der Waals surface area contributed by atoms with Crippen molar-refractivity contribution in [2.45, 2.75) is 22.6 Å². The summed E-state index contributed by atoms with van der Waals surface area (Å²) in [6.45, 7) is 1.37. The number of nitrogens with two attached hydrogens (primary N) is 1. The predicted molar refractivity (Wildman–Crippen MR) is 65.3 cm³/mol. The maximum atomic E-state index is 9.76. The molecule has 0 unspecified atom stereocenters. The van der Waals surface area contributed by atoms with Crippen molar-refractivity contribution in [2.75, 3.05) is 33.5 Å². The van der Waals surface area contributed by atoms with Gasteiger partial charge in [0, 0.05) is 13.7 Å². The lowest BCUT2D eigenvalue weighted by Crippen LogP contribution is -2.47. The van der Waals surface area contributed by atoms with Crippen molar-refractivity contribution in [3.8, 4) is 0 Å². The molecule has 0 bridgehead atoms. The van der Waals surface area contributed by atoms with Gasteiger partial charge in [0.2, 0.25) is 0 Å². The third kappa shape index (κ3) is 4.40. The first-order chi connectivity index (χ1) is 7.69. The fourth-order valence-electron chi connectivity index (χ4n) is 1.31. The van der Waals surface area contributed by atoms with Crippen molar-refractivity contribution in [3.63, 3.8) is 0 Å². The van der Waals surface area contributed by atoms with E-state index in [4.69, 9.17) is 24.7 Å². The fraction of sp³-hybridized carbons (Fsp3) is 1.00. The van der Waals surface area contributed by atoms with Crippen LogP contribution in [0.2, 0.25) is 0 Å². The van der Waals surface area contributed by atoms with E-state index in [0.29, 0.717) is 19.8 Å². The molecular formula is C9H18INO5. The van der Waals surface area contributed by atoms with E-state index in [1.54, 1.807) is 7.11 Å². The zero-order valence-corrected chi connectivity index (χ0v) is 11.3. The molecule has 7 heteroatoms. The molecule has 0 aromatic heterocycles. The molecule has 0 amide bonds. The summed E-state index contributed by atoms with van der Waals surface area (Å²) in [4.78, 5) is 0. The standard InChI is InChI=1S/C9H18INO5/c1-13-9-8(10)16-7(5-15-9)6(12)4-14-3-2-11/h6-9,12H,2-5,11H2,1H3/t6-,7-,8-,9-/m1/s1. The highest BCUT2D eigenvalue weighted by molar-refractivity contribution is 14.1. The van der Waals surface area contributed by atoms with E-state index < -0.39 is 6.10 Å². The van der Waals surface area contributed by atoms with E-state index in [-0.39, 0.29) is 23.1 Å². The van der Waals surface area contributed by atoms with Crippen LogP contribution in [0.4, 0.5) is 0 Å². The van der Waals surface area contributed by atoms with E-state index >= 15 is 0 Å². The van der Waals surface area contributed by atoms with Crippen molar-refractivity contribution >= 4 is 22.6 Å². The molecule has 0 aromatic carbocycles. The highest BCUT2D eigenvalue weighted by Gasteiger charge is 2.33. The molecule has 1 aliphatic rings. The van der Waals surface area contributed by atoms with Crippen molar-refractivity contribution in [1.82, 2.24) is 0 Å². The molecule has 1 fully saturated rings. The first-order valence-electron chi connectivity index (χ1n) is 5.08. The van der Waals surface area contributed by atoms with Gasteiger partial charge in [-0.1, -0.05) is 0 Å². The Kier molecular flexibility index (Phi) is 7.04. The summed E-state index contributed by atoms with van der Waals surface area (Å²) in [6, 6.07) is 0. The van der Waals surface area contributed by atoms with E-state index in [1.165, 1.54) is 0 Å². The molecule has 0 saturated carbocycles. The number of hydrogen-bond acceptors (Lipinski definition) is 6. The quantitative estimate of drug-likeness (QED) is 0.382. The van der Waals surface area contributed by atoms with Gasteiger partial charge in [0.15, 0.2) is 10.4 Å². The molecule has 16 heavy (non-hydrogen) atoms. The number of aliphatic hydroxyl groups excluding tert-OH is 1. The summed E-state index contributed by atoms with van der Waals surface area (Å²) in [6.07, 6.45) is -1.47. The Morgan fingerprint density at radius 1 is 1.62 bits per heavy atom. The van der Waals surface area contributed by atoms with Gasteiger partial charge in [-0.25, -0.2) is 0 Å². The van der Waals surface area contributed by atoms with Crippen LogP contribution in [0, 0.1) is 0 Å². The first-order valence-corrected chi connectivity index (χ1v) is 6.33. The number of aliphatic hydroxyl groups is 1. The summed E-state index contributed by atoms with van der Waals surface area (Å²) in [5.74, 6) is 0. The summed E-state index contributed by atoms with van der Waals surface area (Å²) in [5.41, 5.74) is 5.27. The molecule has 1 rings (SSSR count). The van der Waals surface area contributed by atoms with E-state index in [0.717, 1.165) is 0 Å². The van der Waals surface area contributed by atoms with Gasteiger partial charge in [0.1, 0.15) is 12.2 Å². The minimum atomic E-state index is -0.707. The molecule has 96 valence electrons. The zero-order chi connectivity index (χ0) is 12.0. The highest BCUT2D eigenvalue weighted by Crippen LogP contribution is 2.22. The van der Waals surface area contributed by atoms with Crippen LogP contribution in [0.3, 0.4) is 0 Å². The number of rotatable bonds is 6. The molecule has 1 heterocycles. The molecule has 0 aromatic rings. The van der Waals surface area contributed by atoms with Crippen LogP contribution in [0.25, 0.3) is 0 Å². The van der Waals surface area contributed by atoms with Crippen molar-refractivity contribution in [1.29, 1.82) is 0 Å². The average Bonchev–Trinajstić information content (AvgIpc) is 2.29. The van der Waals surface area contributed by atoms with Gasteiger partial charge >= 0.3 is 0 Å². The zero-order valence-electron chi connectivity index (χ0n) is 9.17. The summed E-state index contributed by atoms with van der Waals surface area (Å²) >= 11 is 2.07. The maximum Gasteiger partial charge on any atom is 0.192 e. The number of ether oxygens (including phenoxy) is 4. The second-order valence-electron chi connectivity index (χ2n) is 3.39. The molecule has 4 atom stereocenters. The molecule has 3 N–H and O–H groups in total. The maximum absolute atomic E-state index is 9.76. The Labute approximate surface area is 109 Å². The third-order valence-electron chi connectivity index (χ3n) is 2.16. The minimum Gasteiger partial charge on any atom is -0.388 e. The van der Waals surface area contributed by atoms with Crippen LogP contribution in [-0.4, -0.2) is 61.2 Å². The van der Waals surface area contributed by atoms with Gasteiger partial charge < -0.3 is 29.8 Å². The normalized spacial score (nSPS) is 32.6. The van der Waals surface area contributed by atoms with E-state index in [9.17, 15) is 5.11 Å². The van der Waals surface area contributed by atoms with Crippen molar-refractivity contribution in [3.05, 3.63) is 0 Å². The van der Waals surface area contributed by atoms with Crippen LogP contribution in [0.15, 0.2) is 0 Å². The van der Waals surface area contributed by atoms with E-state index in [2.05, 4.69) is 22.6 Å². The second-order valence-corrected chi connectivity index (χ2v) is 4.62. The number of methoxy groups -OCH3 is 1. The van der Waals surface area contributed by atoms with Gasteiger partial charge in [-0.05, 0) is 22.6 Å². The van der Waals surface area contributed by atoms with E-state index in [1.807, 2.05) is 0 Å². The van der Waals surface area contributed by atoms with Crippen molar-refractivity contribution in [2.24, 2.45) is 5.73 Å². The Morgan fingerprint density at radius 3 is 2.94 bits per heavy atom. The molecule has 1 saturated heterocycles. The second kappa shape index (κ2) is 7.75. The molecular weight excluding hydrogens is 329 g/mol. The Bertz CT molecular complexity index is 197. The monoisotopic (exact) mass is 347 g/mol. The third-order valence-corrected chi connectivity index (χ3v) is 3.04. The minimum absolute atomic E-state index is 0.201. The summed E-state index contributed by atoms with van der Waals surface area (Å²) in [7, 11) is 1.56. The van der Waals surface area contributed by atoms with Gasteiger partial charge in [0.25, 0.3) is 0 Å². The molecule has 0 aliphatic carbocycles. The number of hydrogen-bond donors (Lipinski definition) is 2. The molecule has 0 radical (unpaired) electrons. The number of alkyl halides is 1. The van der Waals surface area contributed by atoms with Gasteiger partial charge in [-0.15, -0.1) is 0 Å². The largest absolute Gasteiger partial charge is 0.388 e. The Balaban J connectivity index is 2.27. The topological polar surface area (TPSA) is 83.2 Å². The average molecular weight is 347 g/mol. The van der Waals surface area contributed by atoms with Crippen LogP contribution >= 0.6 is 22.6 Å². The van der Waals surface area contributed by atoms with Crippen molar-refractivity contribution < 1.29 is 24.1 Å². The smallest absolute Gasteiger partial charge is 0.192 e.